The van der Waals surface area contributed by atoms with Gasteiger partial charge in [-0.15, -0.1) is 0 Å². The van der Waals surface area contributed by atoms with Gasteiger partial charge in [0.2, 0.25) is 35.4 Å². The first-order valence-electron chi connectivity index (χ1n) is 42.6. The summed E-state index contributed by atoms with van der Waals surface area (Å²) in [6.45, 7) is 43.3. The van der Waals surface area contributed by atoms with E-state index in [2.05, 4.69) is 115 Å². The molecule has 2 aliphatic heterocycles. The number of fused-ring (bicyclic) bond motifs is 8. The quantitative estimate of drug-likeness (QED) is 0.0186. The van der Waals surface area contributed by atoms with Gasteiger partial charge in [-0.1, -0.05) is 26.5 Å². The van der Waals surface area contributed by atoms with Crippen molar-refractivity contribution in [3.8, 4) is 0 Å². The molecule has 12 N–H and O–H groups in total. The molecule has 31 nitrogen and oxygen atoms in total. The van der Waals surface area contributed by atoms with Crippen molar-refractivity contribution in [3.05, 3.63) is 75.4 Å². The Balaban J connectivity index is 1.55. The number of carbonyl (C=O) groups is 11. The van der Waals surface area contributed by atoms with Crippen molar-refractivity contribution in [1.29, 1.82) is 0 Å². The van der Waals surface area contributed by atoms with Crippen molar-refractivity contribution >= 4 is 106 Å². The molecular formula is C89H141N15O16. The molecule has 5 heterocycles. The van der Waals surface area contributed by atoms with Crippen LogP contribution in [-0.4, -0.2) is 196 Å². The smallest absolute Gasteiger partial charge is 0.407 e. The van der Waals surface area contributed by atoms with Crippen LogP contribution >= 0.6 is 0 Å². The predicted octanol–water partition coefficient (Wildman–Crippen LogP) is 13.7. The third-order valence-electron chi connectivity index (χ3n) is 19.9. The molecule has 668 valence electrons. The van der Waals surface area contributed by atoms with Gasteiger partial charge in [-0.05, 0) is 293 Å². The van der Waals surface area contributed by atoms with Crippen LogP contribution in [0.25, 0.3) is 39.8 Å². The fourth-order valence-electron chi connectivity index (χ4n) is 13.9. The van der Waals surface area contributed by atoms with Gasteiger partial charge in [0, 0.05) is 104 Å². The van der Waals surface area contributed by atoms with Crippen LogP contribution in [0.5, 0.6) is 0 Å². The molecule has 7 atom stereocenters. The Kier molecular flexibility index (Phi) is 38.4. The van der Waals surface area contributed by atoms with Gasteiger partial charge in [0.1, 0.15) is 58.2 Å². The number of nitrogens with zero attached hydrogens (tertiary/aromatic N) is 3. The van der Waals surface area contributed by atoms with Crippen LogP contribution in [0.15, 0.2) is 24.8 Å². The minimum absolute atomic E-state index is 0.0204. The summed E-state index contributed by atoms with van der Waals surface area (Å²) in [5, 5.41) is 28.2. The molecule has 31 heteroatoms. The topological polar surface area (TPSA) is 415 Å². The second-order valence-electron chi connectivity index (χ2n) is 36.4. The zero-order valence-corrected chi connectivity index (χ0v) is 75.8. The van der Waals surface area contributed by atoms with E-state index in [0.29, 0.717) is 38.5 Å². The van der Waals surface area contributed by atoms with Crippen molar-refractivity contribution in [2.75, 3.05) is 46.8 Å². The van der Waals surface area contributed by atoms with Crippen LogP contribution in [0.3, 0.4) is 0 Å². The number of unbranched alkanes of at least 4 members (excludes halogenated alkanes) is 5. The molecule has 0 fully saturated rings. The molecule has 11 amide bonds. The number of likely N-dealkylation sites (N-methyl/N-ethyl adjacent to an activating group) is 1. The molecule has 0 saturated heterocycles. The van der Waals surface area contributed by atoms with Crippen LogP contribution < -0.4 is 53.2 Å². The molecule has 3 aromatic rings. The van der Waals surface area contributed by atoms with E-state index in [4.69, 9.17) is 33.7 Å². The van der Waals surface area contributed by atoms with E-state index in [0.717, 1.165) is 79.1 Å². The van der Waals surface area contributed by atoms with Crippen molar-refractivity contribution in [3.63, 3.8) is 0 Å². The number of allylic oxidation sites excluding steroid dienone is 1. The molecule has 3 aromatic heterocycles. The lowest BCUT2D eigenvalue weighted by molar-refractivity contribution is -0.137. The number of H-pyrrole nitrogens is 2. The Morgan fingerprint density at radius 2 is 0.808 bits per heavy atom. The van der Waals surface area contributed by atoms with E-state index >= 15 is 14.4 Å². The lowest BCUT2D eigenvalue weighted by Gasteiger charge is -2.28. The van der Waals surface area contributed by atoms with Gasteiger partial charge in [-0.25, -0.2) is 29.0 Å². The fourth-order valence-corrected chi connectivity index (χ4v) is 13.9. The second-order valence-corrected chi connectivity index (χ2v) is 36.4. The van der Waals surface area contributed by atoms with Crippen LogP contribution in [-0.2, 0) is 58.9 Å². The summed E-state index contributed by atoms with van der Waals surface area (Å²) >= 11 is 0. The lowest BCUT2D eigenvalue weighted by atomic mass is 9.85. The van der Waals surface area contributed by atoms with Gasteiger partial charge >= 0.3 is 30.5 Å². The third kappa shape index (κ3) is 34.8. The van der Waals surface area contributed by atoms with Crippen LogP contribution in [0.2, 0.25) is 0 Å². The fraction of sp³-hybridized carbons (Fsp3) is 0.652. The molecule has 0 radical (unpaired) electrons. The zero-order valence-electron chi connectivity index (χ0n) is 75.8. The molecule has 120 heavy (non-hydrogen) atoms. The first-order valence-corrected chi connectivity index (χ1v) is 42.6. The first-order chi connectivity index (χ1) is 55.9. The van der Waals surface area contributed by atoms with E-state index < -0.39 is 124 Å². The molecule has 5 rings (SSSR count). The SMILES string of the molecule is C=Cc1c(C)c2cc3nc(c(C)c4nc(cc5[nH]c(cc1[nH]2)c(C)c5CC)C(C)=C4)[C@@H](CCC(=O)N[C@@H](CCCCNC(=O)OC(C)(C)C)C(=O)N[C@@H](CCCCNC(=O)OC(C)(C)C)C(=O)N[C@@H](CCCCNC(=O)OC(C)(C)C)C(=O)N[C@@H](CCCCNC(=O)OC(C)(C)C)C(=O)N[C@@H](CCCCNC(=O)OC(C)(C)C)C(=O)N(C)C)[C@@H]3C. The summed E-state index contributed by atoms with van der Waals surface area (Å²) in [5.41, 5.74) is 8.95. The summed E-state index contributed by atoms with van der Waals surface area (Å²) in [5.74, 6) is -4.54. The van der Waals surface area contributed by atoms with Gasteiger partial charge in [0.15, 0.2) is 0 Å². The largest absolute Gasteiger partial charge is 0.444 e. The maximum atomic E-state index is 15.4. The molecule has 0 aliphatic carbocycles. The van der Waals surface area contributed by atoms with E-state index in [1.54, 1.807) is 104 Å². The number of rotatable bonds is 40. The number of aryl methyl sites for hydroxylation is 3. The molecule has 8 bridgehead atoms. The maximum Gasteiger partial charge on any atom is 0.407 e. The predicted molar refractivity (Wildman–Crippen MR) is 467 cm³/mol. The highest BCUT2D eigenvalue weighted by Crippen LogP contribution is 2.42. The molecule has 0 spiro atoms. The number of amides is 11. The van der Waals surface area contributed by atoms with E-state index in [1.165, 1.54) is 24.6 Å². The number of carbonyl (C=O) groups excluding carboxylic acids is 11. The lowest BCUT2D eigenvalue weighted by Crippen LogP contribution is -2.59. The highest BCUT2D eigenvalue weighted by molar-refractivity contribution is 5.97. The maximum absolute atomic E-state index is 15.4. The summed E-state index contributed by atoms with van der Waals surface area (Å²) in [6.07, 6.45) is 4.67. The van der Waals surface area contributed by atoms with Gasteiger partial charge in [0.25, 0.3) is 0 Å². The average Bonchev–Trinajstić information content (AvgIpc) is 1.62. The Morgan fingerprint density at radius 1 is 0.458 bits per heavy atom. The number of hydrogen-bond donors (Lipinski definition) is 12. The normalized spacial score (nSPS) is 14.8. The van der Waals surface area contributed by atoms with Crippen LogP contribution in [0.1, 0.15) is 296 Å². The number of aromatic nitrogens is 4. The van der Waals surface area contributed by atoms with E-state index in [-0.39, 0.29) is 115 Å². The summed E-state index contributed by atoms with van der Waals surface area (Å²) < 4.78 is 27.2. The minimum Gasteiger partial charge on any atom is -0.444 e. The number of hydrogen-bond acceptors (Lipinski definition) is 18. The zero-order chi connectivity index (χ0) is 89.8. The van der Waals surface area contributed by atoms with Crippen molar-refractivity contribution in [2.24, 2.45) is 0 Å². The number of alkyl carbamates (subject to hydrolysis) is 5. The van der Waals surface area contributed by atoms with E-state index in [9.17, 15) is 38.4 Å². The van der Waals surface area contributed by atoms with Crippen LogP contribution in [0.4, 0.5) is 24.0 Å². The Bertz CT molecular complexity index is 4260. The second kappa shape index (κ2) is 46.0. The molecule has 0 aromatic carbocycles. The summed E-state index contributed by atoms with van der Waals surface area (Å²) in [6, 6.07) is -0.274. The minimum atomic E-state index is -1.42. The Morgan fingerprint density at radius 3 is 1.17 bits per heavy atom. The average molecular weight is 1680 g/mol. The van der Waals surface area contributed by atoms with Gasteiger partial charge in [-0.2, -0.15) is 0 Å². The van der Waals surface area contributed by atoms with Crippen molar-refractivity contribution in [2.45, 2.75) is 331 Å². The highest BCUT2D eigenvalue weighted by Gasteiger charge is 2.36. The standard InChI is InChI=1S/C89H141N15O16/c1-25-58-55(5)69-52-72-59(26-2)54(4)68(96-72)51-70-56(6)60(74(99-70)57(7)67-49-53(3)66(95-67)50-71(58)97-69)42-43-73(105)98-61(37-27-32-44-90-80(111)116-85(8,9)10)75(106)100-62(38-28-33-45-91-81(112)117-86(11,12)13)76(107)101-63(39-29-34-46-92-82(113)118-87(14,15)16)77(108)102-64(40-30-35-47-93-83(114)119-88(17,18)19)78(109)103-65(79(110)104(23)24)41-31-36-48-94-84(115)120-89(20,21)22/h26,49-52,56,60-65,96-97H,2,25,27-48H2,1,3-24H3,(H,90,111)(H,91,112)(H,92,113)(H,93,114)(H,94,115)(H,98,105)(H,100,106)(H,101,107)(H,102,108)(H,103,109)/t56-,60-,61-,62-,63-,64-,65-/m0/s1. The van der Waals surface area contributed by atoms with Gasteiger partial charge in [0.05, 0.1) is 11.4 Å². The van der Waals surface area contributed by atoms with Crippen LogP contribution in [0, 0.1) is 20.8 Å². The van der Waals surface area contributed by atoms with Crippen molar-refractivity contribution < 1.29 is 76.4 Å². The summed E-state index contributed by atoms with van der Waals surface area (Å²) in [4.78, 5) is 173. The molecule has 2 aliphatic rings. The number of aromatic amines is 2. The number of nitrogens with one attached hydrogen (secondary N) is 12. The van der Waals surface area contributed by atoms with Gasteiger partial charge < -0.3 is 91.7 Å². The molecule has 0 saturated carbocycles. The van der Waals surface area contributed by atoms with Gasteiger partial charge in [-0.3, -0.25) is 33.8 Å². The number of ether oxygens (including phenoxy) is 5. The van der Waals surface area contributed by atoms with E-state index in [1.807, 2.05) is 26.8 Å². The Labute approximate surface area is 710 Å². The summed E-state index contributed by atoms with van der Waals surface area (Å²) in [7, 11) is 3.08. The Hall–Kier alpha value is -10.2. The molecule has 0 unspecified atom stereocenters. The molecular weight excluding hydrogens is 1540 g/mol. The monoisotopic (exact) mass is 1680 g/mol. The highest BCUT2D eigenvalue weighted by atomic mass is 16.6. The third-order valence-corrected chi connectivity index (χ3v) is 19.9. The first kappa shape index (κ1) is 100. The van der Waals surface area contributed by atoms with Crippen molar-refractivity contribution in [1.82, 2.24) is 78.0 Å².